The Morgan fingerprint density at radius 3 is 2.70 bits per heavy atom. The number of aliphatic carboxylic acids is 1. The smallest absolute Gasteiger partial charge is 0.321 e. The number of urea groups is 1. The number of hydrogen-bond acceptors (Lipinski definition) is 4. The molecule has 1 fully saturated rings. The molecule has 23 heavy (non-hydrogen) atoms. The number of benzene rings is 1. The molecule has 1 aromatic rings. The number of methoxy groups -OCH3 is 1. The number of piperidine rings is 1. The minimum Gasteiger partial charge on any atom is -0.491 e. The van der Waals surface area contributed by atoms with E-state index < -0.39 is 11.9 Å². The van der Waals surface area contributed by atoms with E-state index in [9.17, 15) is 9.59 Å². The van der Waals surface area contributed by atoms with E-state index in [2.05, 4.69) is 5.32 Å². The van der Waals surface area contributed by atoms with E-state index in [-0.39, 0.29) is 12.6 Å². The van der Waals surface area contributed by atoms with Crippen LogP contribution in [-0.4, -0.2) is 55.4 Å². The number of rotatable bonds is 6. The summed E-state index contributed by atoms with van der Waals surface area (Å²) in [5.74, 6) is -0.630. The van der Waals surface area contributed by atoms with Crippen LogP contribution in [0.5, 0.6) is 5.75 Å². The van der Waals surface area contributed by atoms with Crippen LogP contribution in [0.15, 0.2) is 24.3 Å². The summed E-state index contributed by atoms with van der Waals surface area (Å²) >= 11 is 0. The normalized spacial score (nSPS) is 17.6. The van der Waals surface area contributed by atoms with E-state index in [1.165, 1.54) is 0 Å². The average Bonchev–Trinajstić information content (AvgIpc) is 2.56. The van der Waals surface area contributed by atoms with Crippen molar-refractivity contribution in [2.75, 3.05) is 38.7 Å². The minimum absolute atomic E-state index is 0.249. The quantitative estimate of drug-likeness (QED) is 0.783. The van der Waals surface area contributed by atoms with Crippen LogP contribution in [0, 0.1) is 5.92 Å². The standard InChI is InChI=1S/C16H22N2O5/c1-22-9-10-23-14-6-4-13(5-7-14)17-16(21)18-8-2-3-12(11-18)15(19)20/h4-7,12H,2-3,8-11H2,1H3,(H,17,21)(H,19,20). The second kappa shape index (κ2) is 8.38. The van der Waals surface area contributed by atoms with Gasteiger partial charge in [-0.1, -0.05) is 0 Å². The van der Waals surface area contributed by atoms with Crippen LogP contribution in [0.25, 0.3) is 0 Å². The molecule has 1 heterocycles. The van der Waals surface area contributed by atoms with Gasteiger partial charge in [0.25, 0.3) is 0 Å². The molecule has 1 aliphatic heterocycles. The minimum atomic E-state index is -0.847. The van der Waals surface area contributed by atoms with Crippen LogP contribution in [0.1, 0.15) is 12.8 Å². The number of carbonyl (C=O) groups excluding carboxylic acids is 1. The molecule has 1 aliphatic rings. The van der Waals surface area contributed by atoms with Crippen molar-refractivity contribution in [1.29, 1.82) is 0 Å². The maximum Gasteiger partial charge on any atom is 0.321 e. The third-order valence-electron chi connectivity index (χ3n) is 3.72. The molecule has 2 rings (SSSR count). The number of hydrogen-bond donors (Lipinski definition) is 2. The van der Waals surface area contributed by atoms with E-state index in [1.54, 1.807) is 36.3 Å². The van der Waals surface area contributed by atoms with Gasteiger partial charge in [-0.15, -0.1) is 0 Å². The van der Waals surface area contributed by atoms with Gasteiger partial charge in [0, 0.05) is 25.9 Å². The Bertz CT molecular complexity index is 532. The molecule has 0 spiro atoms. The van der Waals surface area contributed by atoms with Crippen molar-refractivity contribution in [1.82, 2.24) is 4.90 Å². The number of carboxylic acid groups (broad SMARTS) is 1. The number of amides is 2. The third kappa shape index (κ3) is 5.14. The van der Waals surface area contributed by atoms with Crippen LogP contribution in [0.2, 0.25) is 0 Å². The lowest BCUT2D eigenvalue weighted by molar-refractivity contribution is -0.143. The summed E-state index contributed by atoms with van der Waals surface area (Å²) in [7, 11) is 1.61. The topological polar surface area (TPSA) is 88.1 Å². The Morgan fingerprint density at radius 1 is 1.30 bits per heavy atom. The number of anilines is 1. The van der Waals surface area contributed by atoms with Gasteiger partial charge in [0.1, 0.15) is 12.4 Å². The first-order valence-electron chi connectivity index (χ1n) is 7.60. The SMILES string of the molecule is COCCOc1ccc(NC(=O)N2CCCC(C(=O)O)C2)cc1. The molecule has 0 radical (unpaired) electrons. The Morgan fingerprint density at radius 2 is 2.04 bits per heavy atom. The zero-order valence-electron chi connectivity index (χ0n) is 13.2. The molecule has 1 saturated heterocycles. The van der Waals surface area contributed by atoms with Gasteiger partial charge in [-0.25, -0.2) is 4.79 Å². The van der Waals surface area contributed by atoms with Crippen LogP contribution >= 0.6 is 0 Å². The fourth-order valence-electron chi connectivity index (χ4n) is 2.44. The number of carboxylic acids is 1. The first kappa shape index (κ1) is 17.1. The molecule has 2 N–H and O–H groups in total. The number of nitrogens with zero attached hydrogens (tertiary/aromatic N) is 1. The van der Waals surface area contributed by atoms with E-state index in [1.807, 2.05) is 0 Å². The molecule has 7 heteroatoms. The van der Waals surface area contributed by atoms with Crippen molar-refractivity contribution in [3.63, 3.8) is 0 Å². The number of nitrogens with one attached hydrogen (secondary N) is 1. The molecular weight excluding hydrogens is 300 g/mol. The molecule has 1 aromatic carbocycles. The number of likely N-dealkylation sites (tertiary alicyclic amines) is 1. The van der Waals surface area contributed by atoms with Gasteiger partial charge < -0.3 is 24.8 Å². The molecular formula is C16H22N2O5. The van der Waals surface area contributed by atoms with Crippen LogP contribution in [-0.2, 0) is 9.53 Å². The molecule has 0 saturated carbocycles. The number of ether oxygens (including phenoxy) is 2. The Hall–Kier alpha value is -2.28. The molecule has 126 valence electrons. The van der Waals surface area contributed by atoms with Crippen molar-refractivity contribution >= 4 is 17.7 Å². The molecule has 0 aliphatic carbocycles. The molecule has 7 nitrogen and oxygen atoms in total. The second-order valence-corrected chi connectivity index (χ2v) is 5.42. The molecule has 1 unspecified atom stereocenters. The summed E-state index contributed by atoms with van der Waals surface area (Å²) in [5.41, 5.74) is 0.645. The first-order chi connectivity index (χ1) is 11.1. The predicted octanol–water partition coefficient (Wildman–Crippen LogP) is 2.04. The van der Waals surface area contributed by atoms with Gasteiger partial charge >= 0.3 is 12.0 Å². The summed E-state index contributed by atoms with van der Waals surface area (Å²) in [6, 6.07) is 6.75. The van der Waals surface area contributed by atoms with E-state index >= 15 is 0 Å². The highest BCUT2D eigenvalue weighted by Gasteiger charge is 2.28. The Kier molecular flexibility index (Phi) is 6.22. The van der Waals surface area contributed by atoms with Gasteiger partial charge in [0.15, 0.2) is 0 Å². The average molecular weight is 322 g/mol. The van der Waals surface area contributed by atoms with E-state index in [0.29, 0.717) is 44.0 Å². The highest BCUT2D eigenvalue weighted by molar-refractivity contribution is 5.89. The highest BCUT2D eigenvalue weighted by atomic mass is 16.5. The van der Waals surface area contributed by atoms with Gasteiger partial charge in [-0.2, -0.15) is 0 Å². The fraction of sp³-hybridized carbons (Fsp3) is 0.500. The lowest BCUT2D eigenvalue weighted by atomic mass is 9.99. The molecule has 1 atom stereocenters. The monoisotopic (exact) mass is 322 g/mol. The van der Waals surface area contributed by atoms with Crippen molar-refractivity contribution < 1.29 is 24.2 Å². The predicted molar refractivity (Wildman–Crippen MR) is 84.8 cm³/mol. The van der Waals surface area contributed by atoms with Crippen LogP contribution in [0.3, 0.4) is 0 Å². The largest absolute Gasteiger partial charge is 0.491 e. The first-order valence-corrected chi connectivity index (χ1v) is 7.60. The summed E-state index contributed by atoms with van der Waals surface area (Å²) in [5, 5.41) is 11.8. The Labute approximate surface area is 135 Å². The van der Waals surface area contributed by atoms with Crippen molar-refractivity contribution in [3.8, 4) is 5.75 Å². The lowest BCUT2D eigenvalue weighted by Gasteiger charge is -2.30. The van der Waals surface area contributed by atoms with Gasteiger partial charge in [-0.3, -0.25) is 4.79 Å². The maximum atomic E-state index is 12.2. The van der Waals surface area contributed by atoms with Crippen LogP contribution in [0.4, 0.5) is 10.5 Å². The summed E-state index contributed by atoms with van der Waals surface area (Å²) < 4.78 is 10.4. The Balaban J connectivity index is 1.86. The summed E-state index contributed by atoms with van der Waals surface area (Å²) in [4.78, 5) is 24.8. The second-order valence-electron chi connectivity index (χ2n) is 5.42. The zero-order valence-corrected chi connectivity index (χ0v) is 13.2. The highest BCUT2D eigenvalue weighted by Crippen LogP contribution is 2.19. The summed E-state index contributed by atoms with van der Waals surface area (Å²) in [6.45, 7) is 1.80. The maximum absolute atomic E-state index is 12.2. The fourth-order valence-corrected chi connectivity index (χ4v) is 2.44. The van der Waals surface area contributed by atoms with Crippen molar-refractivity contribution in [3.05, 3.63) is 24.3 Å². The van der Waals surface area contributed by atoms with Gasteiger partial charge in [0.05, 0.1) is 12.5 Å². The van der Waals surface area contributed by atoms with E-state index in [0.717, 1.165) is 0 Å². The van der Waals surface area contributed by atoms with Crippen molar-refractivity contribution in [2.45, 2.75) is 12.8 Å². The number of carbonyl (C=O) groups is 2. The third-order valence-corrected chi connectivity index (χ3v) is 3.72. The summed E-state index contributed by atoms with van der Waals surface area (Å²) in [6.07, 6.45) is 1.32. The molecule has 0 aromatic heterocycles. The van der Waals surface area contributed by atoms with Gasteiger partial charge in [-0.05, 0) is 37.1 Å². The lowest BCUT2D eigenvalue weighted by Crippen LogP contribution is -2.44. The van der Waals surface area contributed by atoms with Crippen molar-refractivity contribution in [2.24, 2.45) is 5.92 Å². The molecule has 0 bridgehead atoms. The molecule has 2 amide bonds. The van der Waals surface area contributed by atoms with Crippen LogP contribution < -0.4 is 10.1 Å². The zero-order chi connectivity index (χ0) is 16.7. The van der Waals surface area contributed by atoms with E-state index in [4.69, 9.17) is 14.6 Å². The van der Waals surface area contributed by atoms with Gasteiger partial charge in [0.2, 0.25) is 0 Å².